The predicted molar refractivity (Wildman–Crippen MR) is 148 cm³/mol. The number of nitrogens with two attached hydrogens (primary N) is 2. The number of nitrogen functional groups attached to an aromatic ring is 1. The highest BCUT2D eigenvalue weighted by Gasteiger charge is 2.39. The average molecular weight is 557 g/mol. The predicted octanol–water partition coefficient (Wildman–Crippen LogP) is 2.49. The Kier molecular flexibility index (Phi) is 7.59. The molecule has 3 aromatic heterocycles. The van der Waals surface area contributed by atoms with Gasteiger partial charge in [-0.2, -0.15) is 0 Å². The van der Waals surface area contributed by atoms with Gasteiger partial charge >= 0.3 is 0 Å². The molecule has 0 bridgehead atoms. The van der Waals surface area contributed by atoms with Crippen LogP contribution < -0.4 is 25.8 Å². The molecular formula is C26H36N8O4S. The number of ether oxygens (including phenoxy) is 1. The number of hydrogen-bond acceptors (Lipinski definition) is 10. The first-order valence-corrected chi connectivity index (χ1v) is 14.2. The molecule has 0 aromatic carbocycles. The highest BCUT2D eigenvalue weighted by atomic mass is 32.2. The molecule has 0 spiro atoms. The van der Waals surface area contributed by atoms with Crippen LogP contribution in [0, 0.1) is 5.92 Å². The Morgan fingerprint density at radius 3 is 2.67 bits per heavy atom. The van der Waals surface area contributed by atoms with Crippen LogP contribution in [0.3, 0.4) is 0 Å². The van der Waals surface area contributed by atoms with Gasteiger partial charge in [-0.3, -0.25) is 4.79 Å². The number of rotatable bonds is 9. The van der Waals surface area contributed by atoms with Crippen molar-refractivity contribution in [1.29, 1.82) is 0 Å². The Labute approximate surface area is 228 Å². The largest absolute Gasteiger partial charge is 0.475 e. The van der Waals surface area contributed by atoms with E-state index in [1.54, 1.807) is 29.1 Å². The number of nitrogens with zero attached hydrogens (tertiary/aromatic N) is 5. The van der Waals surface area contributed by atoms with E-state index in [-0.39, 0.29) is 21.8 Å². The normalized spacial score (nSPS) is 18.5. The number of carbonyl (C=O) groups excluding carboxylic acids is 1. The van der Waals surface area contributed by atoms with E-state index >= 15 is 0 Å². The summed E-state index contributed by atoms with van der Waals surface area (Å²) in [6.45, 7) is 11.1. The van der Waals surface area contributed by atoms with Crippen LogP contribution in [0.15, 0.2) is 47.6 Å². The van der Waals surface area contributed by atoms with Gasteiger partial charge in [0.1, 0.15) is 23.1 Å². The van der Waals surface area contributed by atoms with Crippen molar-refractivity contribution in [3.8, 4) is 11.7 Å². The molecule has 4 heterocycles. The van der Waals surface area contributed by atoms with Crippen LogP contribution in [0.5, 0.6) is 5.88 Å². The van der Waals surface area contributed by atoms with E-state index in [1.807, 2.05) is 18.7 Å². The molecule has 1 saturated heterocycles. The van der Waals surface area contributed by atoms with Crippen molar-refractivity contribution in [2.45, 2.75) is 63.4 Å². The topological polar surface area (TPSA) is 171 Å². The van der Waals surface area contributed by atoms with E-state index in [1.165, 1.54) is 18.3 Å². The molecule has 5 N–H and O–H groups in total. The minimum Gasteiger partial charge on any atom is -0.475 e. The fourth-order valence-corrected chi connectivity index (χ4v) is 5.67. The van der Waals surface area contributed by atoms with E-state index < -0.39 is 21.5 Å². The summed E-state index contributed by atoms with van der Waals surface area (Å²) in [5.74, 6) is 0.500. The maximum Gasteiger partial charge on any atom is 0.268 e. The number of hydrogen-bond donors (Lipinski definition) is 3. The molecule has 1 fully saturated rings. The number of amides is 1. The molecule has 210 valence electrons. The Balaban J connectivity index is 1.69. The lowest BCUT2D eigenvalue weighted by Crippen LogP contribution is -2.41. The van der Waals surface area contributed by atoms with Gasteiger partial charge in [0.25, 0.3) is 15.9 Å². The molecule has 1 aliphatic rings. The Hall–Kier alpha value is -3.71. The molecule has 39 heavy (non-hydrogen) atoms. The number of anilines is 2. The minimum atomic E-state index is -4.28. The summed E-state index contributed by atoms with van der Waals surface area (Å²) in [5.41, 5.74) is 11.2. The first kappa shape index (κ1) is 28.3. The lowest BCUT2D eigenvalue weighted by Gasteiger charge is -2.34. The second-order valence-corrected chi connectivity index (χ2v) is 12.6. The van der Waals surface area contributed by atoms with E-state index in [0.29, 0.717) is 36.6 Å². The number of pyridine rings is 2. The molecule has 0 radical (unpaired) electrons. The summed E-state index contributed by atoms with van der Waals surface area (Å²) in [5, 5.41) is 4.46. The summed E-state index contributed by atoms with van der Waals surface area (Å²) < 4.78 is 35.4. The van der Waals surface area contributed by atoms with E-state index in [9.17, 15) is 13.2 Å². The van der Waals surface area contributed by atoms with E-state index in [2.05, 4.69) is 35.6 Å². The van der Waals surface area contributed by atoms with Gasteiger partial charge in [-0.15, -0.1) is 5.10 Å². The molecule has 3 aromatic rings. The molecular weight excluding hydrogens is 520 g/mol. The van der Waals surface area contributed by atoms with Crippen LogP contribution >= 0.6 is 0 Å². The summed E-state index contributed by atoms with van der Waals surface area (Å²) in [4.78, 5) is 23.8. The average Bonchev–Trinajstić information content (AvgIpc) is 3.45. The zero-order valence-corrected chi connectivity index (χ0v) is 23.7. The summed E-state index contributed by atoms with van der Waals surface area (Å²) in [7, 11) is -4.28. The molecule has 0 saturated carbocycles. The quantitative estimate of drug-likeness (QED) is 0.355. The van der Waals surface area contributed by atoms with Gasteiger partial charge in [0.2, 0.25) is 5.88 Å². The van der Waals surface area contributed by atoms with Gasteiger partial charge in [0.05, 0.1) is 5.56 Å². The van der Waals surface area contributed by atoms with Gasteiger partial charge in [0.15, 0.2) is 5.82 Å². The van der Waals surface area contributed by atoms with Gasteiger partial charge in [-0.1, -0.05) is 13.8 Å². The Morgan fingerprint density at radius 1 is 1.28 bits per heavy atom. The van der Waals surface area contributed by atoms with Gasteiger partial charge in [0, 0.05) is 36.1 Å². The maximum atomic E-state index is 13.4. The summed E-state index contributed by atoms with van der Waals surface area (Å²) >= 11 is 0. The van der Waals surface area contributed by atoms with Crippen LogP contribution in [-0.4, -0.2) is 58.3 Å². The zero-order chi connectivity index (χ0) is 28.6. The minimum absolute atomic E-state index is 0.109. The van der Waals surface area contributed by atoms with Gasteiger partial charge in [-0.05, 0) is 63.8 Å². The monoisotopic (exact) mass is 556 g/mol. The number of sulfonamides is 1. The third kappa shape index (κ3) is 6.14. The third-order valence-electron chi connectivity index (χ3n) is 6.91. The first-order chi connectivity index (χ1) is 18.2. The van der Waals surface area contributed by atoms with Crippen LogP contribution in [0.4, 0.5) is 11.6 Å². The number of aromatic nitrogens is 4. The second-order valence-electron chi connectivity index (χ2n) is 11.0. The number of carbonyl (C=O) groups is 1. The van der Waals surface area contributed by atoms with Crippen molar-refractivity contribution in [1.82, 2.24) is 24.5 Å². The first-order valence-electron chi connectivity index (χ1n) is 12.8. The standard InChI is InChI=1S/C26H36N8O4S/c1-6-26(5,28)16-38-21-11-13-34(31-21)20-10-9-18(23(30-20)33-15-17(2)14-25(33,3)4)24(35)32-39(36,37)19-8-7-12-29-22(19)27/h7-13,17H,6,14-16,28H2,1-5H3,(H2,27,29)(H,32,35)/t17-,26+/m0/s1. The SMILES string of the molecule is CC[C@@](C)(N)COc1ccn(-c2ccc(C(=O)NS(=O)(=O)c3cccnc3N)c(N3C[C@@H](C)CC3(C)C)n2)n1. The van der Waals surface area contributed by atoms with Crippen LogP contribution in [0.25, 0.3) is 5.82 Å². The molecule has 0 aliphatic carbocycles. The van der Waals surface area contributed by atoms with Crippen molar-refractivity contribution in [3.63, 3.8) is 0 Å². The highest BCUT2D eigenvalue weighted by Crippen LogP contribution is 2.37. The van der Waals surface area contributed by atoms with Crippen molar-refractivity contribution in [2.24, 2.45) is 11.7 Å². The van der Waals surface area contributed by atoms with Gasteiger partial charge < -0.3 is 21.1 Å². The summed E-state index contributed by atoms with van der Waals surface area (Å²) in [6.07, 6.45) is 4.70. The van der Waals surface area contributed by atoms with Gasteiger partial charge in [-0.25, -0.2) is 27.8 Å². The fourth-order valence-electron chi connectivity index (χ4n) is 4.62. The lowest BCUT2D eigenvalue weighted by atomic mass is 9.97. The fraction of sp³-hybridized carbons (Fsp3) is 0.462. The zero-order valence-electron chi connectivity index (χ0n) is 22.9. The van der Waals surface area contributed by atoms with E-state index in [0.717, 1.165) is 12.8 Å². The molecule has 12 nitrogen and oxygen atoms in total. The molecule has 13 heteroatoms. The van der Waals surface area contributed by atoms with Crippen molar-refractivity contribution >= 4 is 27.6 Å². The second kappa shape index (κ2) is 10.5. The van der Waals surface area contributed by atoms with Crippen LogP contribution in [-0.2, 0) is 10.0 Å². The lowest BCUT2D eigenvalue weighted by molar-refractivity contribution is 0.0981. The van der Waals surface area contributed by atoms with Crippen LogP contribution in [0.2, 0.25) is 0 Å². The van der Waals surface area contributed by atoms with E-state index in [4.69, 9.17) is 21.2 Å². The number of nitrogens with one attached hydrogen (secondary N) is 1. The molecule has 1 aliphatic heterocycles. The Morgan fingerprint density at radius 2 is 2.03 bits per heavy atom. The maximum absolute atomic E-state index is 13.4. The van der Waals surface area contributed by atoms with Crippen molar-refractivity contribution < 1.29 is 17.9 Å². The molecule has 1 amide bonds. The third-order valence-corrected chi connectivity index (χ3v) is 8.29. The Bertz CT molecular complexity index is 1470. The van der Waals surface area contributed by atoms with Crippen LogP contribution in [0.1, 0.15) is 57.8 Å². The van der Waals surface area contributed by atoms with Crippen molar-refractivity contribution in [3.05, 3.63) is 48.3 Å². The smallest absolute Gasteiger partial charge is 0.268 e. The molecule has 2 atom stereocenters. The summed E-state index contributed by atoms with van der Waals surface area (Å²) in [6, 6.07) is 7.58. The van der Waals surface area contributed by atoms with Crippen molar-refractivity contribution in [2.75, 3.05) is 23.8 Å². The molecule has 4 rings (SSSR count). The highest BCUT2D eigenvalue weighted by molar-refractivity contribution is 7.90. The molecule has 0 unspecified atom stereocenters.